The Kier molecular flexibility index (Phi) is 10.2. The molecular weight excluding hydrogens is 760 g/mol. The Balaban J connectivity index is 1.04. The Morgan fingerprint density at radius 3 is 2.31 bits per heavy atom. The number of hydrogen-bond donors (Lipinski definition) is 9. The number of nitrogen functional groups attached to an aromatic ring is 1. The average molecular weight is 793 g/mol. The number of aromatic nitrogens is 6. The molecule has 52 heavy (non-hydrogen) atoms. The highest BCUT2D eigenvalue weighted by atomic mass is 31.3. The van der Waals surface area contributed by atoms with Crippen LogP contribution in [0.3, 0.4) is 0 Å². The molecule has 11 N–H and O–H groups in total. The maximum absolute atomic E-state index is 12.7. The van der Waals surface area contributed by atoms with Crippen LogP contribution in [-0.4, -0.2) is 106 Å². The molecule has 2 saturated heterocycles. The number of nitrogens with two attached hydrogens (primary N) is 2. The zero-order valence-corrected chi connectivity index (χ0v) is 29.7. The third-order valence-electron chi connectivity index (χ3n) is 8.16. The number of fused-ring (bicyclic) bond motifs is 2. The Labute approximate surface area is 292 Å². The second-order valence-corrected chi connectivity index (χ2v) is 16.7. The Morgan fingerprint density at radius 1 is 1.06 bits per heavy atom. The number of aliphatic hydroxyl groups is 3. The van der Waals surface area contributed by atoms with Crippen molar-refractivity contribution < 1.29 is 70.5 Å². The molecule has 283 valence electrons. The Morgan fingerprint density at radius 2 is 1.67 bits per heavy atom. The third kappa shape index (κ3) is 7.54. The number of anilines is 1. The second kappa shape index (κ2) is 13.8. The monoisotopic (exact) mass is 793 g/mol. The number of rotatable bonds is 12. The van der Waals surface area contributed by atoms with Crippen molar-refractivity contribution in [3.05, 3.63) is 35.3 Å². The molecule has 0 bridgehead atoms. The van der Waals surface area contributed by atoms with E-state index in [-0.39, 0.29) is 34.6 Å². The van der Waals surface area contributed by atoms with E-state index >= 15 is 0 Å². The van der Waals surface area contributed by atoms with Gasteiger partial charge in [-0.3, -0.25) is 28.0 Å². The first-order valence-corrected chi connectivity index (χ1v) is 19.5. The van der Waals surface area contributed by atoms with Crippen molar-refractivity contribution in [1.82, 2.24) is 29.4 Å². The standard InChI is InChI=1S/C23H32BN10O15P3/c1-8-14(35)10(46-20(8)34-7-32(3)13-18(34)30-23(26)31-19(13)38)4-44-51(40,41)48-50(24,39)49-52(42,43)45-5-11-15(36)16(37)21(47-11)33-6-27-12-9(2)28-22(25)29-17(12)33/h6-8,10-11,14-16,20-21,35-37H,2,4-5H2,1,3H3,(H7-,25,26,28,29,30,31,38,40,41,42,43)/q-1/p+1/t8-,10-,11?,14+,15-,16-,20?,21-,50?/m1/s1. The summed E-state index contributed by atoms with van der Waals surface area (Å²) in [5.74, 6) is -0.800. The molecule has 0 aromatic carbocycles. The summed E-state index contributed by atoms with van der Waals surface area (Å²) in [5.41, 5.74) is 11.7. The van der Waals surface area contributed by atoms with Crippen molar-refractivity contribution in [1.29, 1.82) is 0 Å². The number of nitrogens with one attached hydrogen (secondary N) is 2. The number of phosphoric ester groups is 2. The van der Waals surface area contributed by atoms with E-state index in [2.05, 4.69) is 40.5 Å². The fraction of sp³-hybridized carbons (Fsp3) is 0.522. The molecule has 0 aliphatic carbocycles. The molecule has 29 heteroatoms. The van der Waals surface area contributed by atoms with Gasteiger partial charge < -0.3 is 63.5 Å². The van der Waals surface area contributed by atoms with Crippen LogP contribution in [0.15, 0.2) is 29.0 Å². The van der Waals surface area contributed by atoms with Crippen molar-refractivity contribution in [2.75, 3.05) is 18.9 Å². The quantitative estimate of drug-likeness (QED) is 0.0524. The Bertz CT molecular complexity index is 2140. The topological polar surface area (TPSA) is 357 Å². The van der Waals surface area contributed by atoms with Gasteiger partial charge in [-0.15, -0.1) is 0 Å². The fourth-order valence-electron chi connectivity index (χ4n) is 5.80. The number of aromatic amines is 1. The lowest BCUT2D eigenvalue weighted by Crippen LogP contribution is -2.42. The molecule has 0 saturated carbocycles. The molecular formula is C23H33BN10O15P3. The minimum atomic E-state index is -5.50. The molecule has 3 aromatic heterocycles. The van der Waals surface area contributed by atoms with Gasteiger partial charge in [0.1, 0.15) is 30.1 Å². The average Bonchev–Trinajstić information content (AvgIpc) is 3.74. The number of aliphatic imine (C=N–C) groups is 1. The van der Waals surface area contributed by atoms with Crippen LogP contribution < -0.4 is 26.9 Å². The van der Waals surface area contributed by atoms with Gasteiger partial charge in [-0.1, -0.05) is 18.5 Å². The van der Waals surface area contributed by atoms with Gasteiger partial charge in [0.15, 0.2) is 30.6 Å². The summed E-state index contributed by atoms with van der Waals surface area (Å²) >= 11 is 0. The number of aryl methyl sites for hydroxylation is 1. The molecule has 11 atom stereocenters. The Hall–Kier alpha value is -3.32. The first kappa shape index (κ1) is 38.4. The molecule has 25 nitrogen and oxygen atoms in total. The van der Waals surface area contributed by atoms with E-state index in [1.165, 1.54) is 26.4 Å². The maximum atomic E-state index is 12.7. The van der Waals surface area contributed by atoms with Crippen LogP contribution in [0.4, 0.5) is 11.8 Å². The molecule has 6 rings (SSSR count). The van der Waals surface area contributed by atoms with Crippen molar-refractivity contribution >= 4 is 65.3 Å². The zero-order chi connectivity index (χ0) is 38.1. The van der Waals surface area contributed by atoms with Crippen LogP contribution in [0.5, 0.6) is 0 Å². The number of H-pyrrole nitrogens is 1. The van der Waals surface area contributed by atoms with Gasteiger partial charge in [-0.2, -0.15) is 4.99 Å². The van der Waals surface area contributed by atoms with Crippen molar-refractivity contribution in [3.63, 3.8) is 0 Å². The highest BCUT2D eigenvalue weighted by molar-refractivity contribution is 7.86. The van der Waals surface area contributed by atoms with Crippen LogP contribution in [0.25, 0.3) is 16.9 Å². The number of aliphatic hydroxyl groups excluding tert-OH is 3. The molecule has 3 radical (unpaired) electrons. The lowest BCUT2D eigenvalue weighted by molar-refractivity contribution is -0.745. The second-order valence-electron chi connectivity index (χ2n) is 11.9. The summed E-state index contributed by atoms with van der Waals surface area (Å²) in [6, 6.07) is 0. The smallest absolute Gasteiger partial charge is 0.442 e. The van der Waals surface area contributed by atoms with E-state index < -0.39 is 90.8 Å². The minimum absolute atomic E-state index is 0.0377. The lowest BCUT2D eigenvalue weighted by Gasteiger charge is -2.29. The molecule has 0 spiro atoms. The van der Waals surface area contributed by atoms with E-state index in [0.29, 0.717) is 5.70 Å². The van der Waals surface area contributed by atoms with E-state index in [1.807, 2.05) is 0 Å². The molecule has 3 aromatic rings. The summed E-state index contributed by atoms with van der Waals surface area (Å²) in [5, 5.41) is 34.6. The van der Waals surface area contributed by atoms with Crippen LogP contribution in [0.2, 0.25) is 0 Å². The molecule has 5 unspecified atom stereocenters. The van der Waals surface area contributed by atoms with Gasteiger partial charge in [0.2, 0.25) is 5.52 Å². The zero-order valence-electron chi connectivity index (χ0n) is 27.0. The highest BCUT2D eigenvalue weighted by Gasteiger charge is 2.48. The van der Waals surface area contributed by atoms with Crippen molar-refractivity contribution in [3.8, 4) is 0 Å². The van der Waals surface area contributed by atoms with Gasteiger partial charge in [-0.25, -0.2) is 27.3 Å². The van der Waals surface area contributed by atoms with Crippen LogP contribution in [-0.2, 0) is 47.9 Å². The summed E-state index contributed by atoms with van der Waals surface area (Å²) in [6.07, 6.45) is -7.11. The van der Waals surface area contributed by atoms with Gasteiger partial charge in [0.05, 0.1) is 45.9 Å². The molecule has 6 heterocycles. The van der Waals surface area contributed by atoms with E-state index in [4.69, 9.17) is 37.6 Å². The molecule has 0 amide bonds. The first-order chi connectivity index (χ1) is 24.2. The van der Waals surface area contributed by atoms with Gasteiger partial charge in [0.25, 0.3) is 11.5 Å². The number of imidazole rings is 2. The van der Waals surface area contributed by atoms with Crippen molar-refractivity contribution in [2.24, 2.45) is 23.7 Å². The number of phosphoric acid groups is 2. The van der Waals surface area contributed by atoms with Gasteiger partial charge >= 0.3 is 21.3 Å². The van der Waals surface area contributed by atoms with Crippen LogP contribution >= 0.6 is 23.1 Å². The van der Waals surface area contributed by atoms with E-state index in [1.54, 1.807) is 14.0 Å². The fourth-order valence-corrected chi connectivity index (χ4v) is 9.54. The molecule has 3 aliphatic rings. The number of nitrogens with zero attached hydrogens (tertiary/aromatic N) is 6. The summed E-state index contributed by atoms with van der Waals surface area (Å²) in [7, 11) is -9.53. The number of hydrogen-bond acceptors (Lipinski definition) is 19. The minimum Gasteiger partial charge on any atom is -0.442 e. The summed E-state index contributed by atoms with van der Waals surface area (Å²) < 4.78 is 71.7. The highest BCUT2D eigenvalue weighted by Crippen LogP contribution is 2.67. The first-order valence-electron chi connectivity index (χ1n) is 14.9. The largest absolute Gasteiger partial charge is 0.476 e. The number of guanidine groups is 1. The predicted octanol–water partition coefficient (Wildman–Crippen LogP) is -2.39. The van der Waals surface area contributed by atoms with Gasteiger partial charge in [-0.05, 0) is 0 Å². The third-order valence-corrected chi connectivity index (χ3v) is 12.6. The molecule has 2 fully saturated rings. The lowest BCUT2D eigenvalue weighted by atomic mass is 10.0. The summed E-state index contributed by atoms with van der Waals surface area (Å²) in [4.78, 5) is 47.4. The summed E-state index contributed by atoms with van der Waals surface area (Å²) in [6.45, 7) is 3.51. The van der Waals surface area contributed by atoms with E-state index in [9.17, 15) is 43.6 Å². The van der Waals surface area contributed by atoms with Gasteiger partial charge in [0, 0.05) is 5.92 Å². The predicted molar refractivity (Wildman–Crippen MR) is 174 cm³/mol. The van der Waals surface area contributed by atoms with Crippen LogP contribution in [0.1, 0.15) is 25.1 Å². The number of ether oxygens (including phenoxy) is 2. The SMILES string of the molecule is [B-]P(=O)(OP(=O)(O)OCC1O[C@@H](n2cnc3c2N=C(N)NC3=C)[C@H](O)[C@@H]1O)OP(=O)(O)OC[C@H]1OC([n+]2cn(C)c3c(=O)[nH]c(N)nc32)[C@H](C)[C@@H]1O. The van der Waals surface area contributed by atoms with E-state index in [0.717, 1.165) is 0 Å². The van der Waals surface area contributed by atoms with Crippen molar-refractivity contribution in [2.45, 2.75) is 49.9 Å². The maximum Gasteiger partial charge on any atom is 0.476 e. The van der Waals surface area contributed by atoms with Crippen LogP contribution in [0, 0.1) is 5.92 Å². The molecule has 3 aliphatic heterocycles. The normalized spacial score (nSPS) is 31.1.